The number of nitrogens with one attached hydrogen (secondary N) is 2. The second kappa shape index (κ2) is 9.46. The summed E-state index contributed by atoms with van der Waals surface area (Å²) in [6.07, 6.45) is 0. The van der Waals surface area contributed by atoms with Crippen molar-refractivity contribution >= 4 is 23.2 Å². The lowest BCUT2D eigenvalue weighted by Crippen LogP contribution is -2.40. The van der Waals surface area contributed by atoms with Crippen LogP contribution in [-0.4, -0.2) is 54.9 Å². The van der Waals surface area contributed by atoms with Gasteiger partial charge < -0.3 is 20.3 Å². The molecule has 2 amide bonds. The zero-order valence-electron chi connectivity index (χ0n) is 14.0. The molecular formula is C15H22N4O5. The van der Waals surface area contributed by atoms with Crippen LogP contribution in [0.4, 0.5) is 11.4 Å². The van der Waals surface area contributed by atoms with E-state index in [1.54, 1.807) is 0 Å². The molecule has 0 atom stereocenters. The highest BCUT2D eigenvalue weighted by atomic mass is 16.6. The number of anilines is 1. The van der Waals surface area contributed by atoms with Crippen LogP contribution < -0.4 is 15.4 Å². The Morgan fingerprint density at radius 2 is 1.92 bits per heavy atom. The standard InChI is InChI=1S/C15H22N4O5/c1-4-18(5-2)9-8-16-14(20)15(21)17-12-7-6-11(19(22)23)10-13(12)24-3/h6-7,10H,4-5,8-9H2,1-3H3,(H,16,20)(H,17,21). The average molecular weight is 338 g/mol. The van der Waals surface area contributed by atoms with Gasteiger partial charge in [0.15, 0.2) is 0 Å². The number of amides is 2. The van der Waals surface area contributed by atoms with Crippen LogP contribution in [0.5, 0.6) is 5.75 Å². The molecule has 0 bridgehead atoms. The minimum atomic E-state index is -0.860. The van der Waals surface area contributed by atoms with E-state index in [9.17, 15) is 19.7 Å². The fourth-order valence-electron chi connectivity index (χ4n) is 2.02. The summed E-state index contributed by atoms with van der Waals surface area (Å²) in [5.74, 6) is -1.53. The predicted octanol–water partition coefficient (Wildman–Crippen LogP) is 1.000. The number of nitrogens with zero attached hydrogens (tertiary/aromatic N) is 2. The van der Waals surface area contributed by atoms with Crippen LogP contribution >= 0.6 is 0 Å². The first kappa shape index (κ1) is 19.4. The lowest BCUT2D eigenvalue weighted by Gasteiger charge is -2.17. The Bertz CT molecular complexity index is 602. The second-order valence-corrected chi connectivity index (χ2v) is 4.88. The number of hydrogen-bond acceptors (Lipinski definition) is 6. The summed E-state index contributed by atoms with van der Waals surface area (Å²) in [6.45, 7) is 6.74. The summed E-state index contributed by atoms with van der Waals surface area (Å²) >= 11 is 0. The van der Waals surface area contributed by atoms with Gasteiger partial charge >= 0.3 is 11.8 Å². The number of ether oxygens (including phenoxy) is 1. The highest BCUT2D eigenvalue weighted by molar-refractivity contribution is 6.39. The Kier molecular flexibility index (Phi) is 7.63. The zero-order valence-corrected chi connectivity index (χ0v) is 14.0. The van der Waals surface area contributed by atoms with E-state index in [1.807, 2.05) is 13.8 Å². The van der Waals surface area contributed by atoms with Crippen LogP contribution in [0.25, 0.3) is 0 Å². The van der Waals surface area contributed by atoms with E-state index in [0.717, 1.165) is 13.1 Å². The van der Waals surface area contributed by atoms with Crippen molar-refractivity contribution in [2.24, 2.45) is 0 Å². The minimum absolute atomic E-state index is 0.105. The van der Waals surface area contributed by atoms with Gasteiger partial charge in [0.05, 0.1) is 23.8 Å². The molecule has 9 heteroatoms. The molecule has 0 fully saturated rings. The van der Waals surface area contributed by atoms with Crippen molar-refractivity contribution in [2.75, 3.05) is 38.6 Å². The van der Waals surface area contributed by atoms with Crippen molar-refractivity contribution < 1.29 is 19.2 Å². The lowest BCUT2D eigenvalue weighted by atomic mass is 10.2. The quantitative estimate of drug-likeness (QED) is 0.415. The van der Waals surface area contributed by atoms with Crippen LogP contribution in [0.15, 0.2) is 18.2 Å². The van der Waals surface area contributed by atoms with Gasteiger partial charge in [-0.05, 0) is 19.2 Å². The highest BCUT2D eigenvalue weighted by Crippen LogP contribution is 2.28. The summed E-state index contributed by atoms with van der Waals surface area (Å²) in [5, 5.41) is 15.6. The Morgan fingerprint density at radius 3 is 2.46 bits per heavy atom. The summed E-state index contributed by atoms with van der Waals surface area (Å²) in [5.41, 5.74) is 0.0144. The fraction of sp³-hybridized carbons (Fsp3) is 0.467. The molecule has 1 rings (SSSR count). The van der Waals surface area contributed by atoms with Crippen molar-refractivity contribution in [3.05, 3.63) is 28.3 Å². The first-order valence-corrected chi connectivity index (χ1v) is 7.56. The predicted molar refractivity (Wildman–Crippen MR) is 89.1 cm³/mol. The van der Waals surface area contributed by atoms with Crippen molar-refractivity contribution in [1.82, 2.24) is 10.2 Å². The van der Waals surface area contributed by atoms with E-state index in [4.69, 9.17) is 4.74 Å². The molecule has 0 saturated carbocycles. The number of nitro benzene ring substituents is 1. The monoisotopic (exact) mass is 338 g/mol. The maximum absolute atomic E-state index is 11.9. The van der Waals surface area contributed by atoms with Crippen molar-refractivity contribution in [1.29, 1.82) is 0 Å². The smallest absolute Gasteiger partial charge is 0.313 e. The summed E-state index contributed by atoms with van der Waals surface area (Å²) in [4.78, 5) is 35.9. The number of carbonyl (C=O) groups is 2. The molecule has 0 aliphatic rings. The van der Waals surface area contributed by atoms with Crippen molar-refractivity contribution in [2.45, 2.75) is 13.8 Å². The topological polar surface area (TPSA) is 114 Å². The maximum atomic E-state index is 11.9. The van der Waals surface area contributed by atoms with Crippen LogP contribution in [-0.2, 0) is 9.59 Å². The van der Waals surface area contributed by atoms with Crippen LogP contribution in [0.2, 0.25) is 0 Å². The third-order valence-corrected chi connectivity index (χ3v) is 3.46. The van der Waals surface area contributed by atoms with Gasteiger partial charge in [-0.1, -0.05) is 13.8 Å². The van der Waals surface area contributed by atoms with Gasteiger partial charge in [0.25, 0.3) is 5.69 Å². The summed E-state index contributed by atoms with van der Waals surface area (Å²) in [7, 11) is 1.32. The Morgan fingerprint density at radius 1 is 1.25 bits per heavy atom. The molecule has 0 radical (unpaired) electrons. The number of methoxy groups -OCH3 is 1. The fourth-order valence-corrected chi connectivity index (χ4v) is 2.02. The molecule has 0 aliphatic heterocycles. The van der Waals surface area contributed by atoms with Gasteiger partial charge in [-0.25, -0.2) is 0 Å². The third kappa shape index (κ3) is 5.51. The Labute approximate surface area is 140 Å². The van der Waals surface area contributed by atoms with Crippen LogP contribution in [0.3, 0.4) is 0 Å². The largest absolute Gasteiger partial charge is 0.494 e. The molecular weight excluding hydrogens is 316 g/mol. The number of benzene rings is 1. The molecule has 9 nitrogen and oxygen atoms in total. The van der Waals surface area contributed by atoms with Gasteiger partial charge in [-0.3, -0.25) is 19.7 Å². The first-order chi connectivity index (χ1) is 11.4. The van der Waals surface area contributed by atoms with E-state index in [1.165, 1.54) is 25.3 Å². The SMILES string of the molecule is CCN(CC)CCNC(=O)C(=O)Nc1ccc([N+](=O)[O-])cc1OC. The van der Waals surface area contributed by atoms with E-state index < -0.39 is 16.7 Å². The maximum Gasteiger partial charge on any atom is 0.313 e. The summed E-state index contributed by atoms with van der Waals surface area (Å²) in [6, 6.07) is 3.71. The Balaban J connectivity index is 2.63. The molecule has 0 heterocycles. The van der Waals surface area contributed by atoms with Gasteiger partial charge in [0.2, 0.25) is 0 Å². The van der Waals surface area contributed by atoms with Gasteiger partial charge in [-0.15, -0.1) is 0 Å². The molecule has 0 aromatic heterocycles. The molecule has 1 aromatic carbocycles. The molecule has 0 spiro atoms. The lowest BCUT2D eigenvalue weighted by molar-refractivity contribution is -0.384. The average Bonchev–Trinajstić information content (AvgIpc) is 2.58. The number of carbonyl (C=O) groups excluding carboxylic acids is 2. The molecule has 132 valence electrons. The van der Waals surface area contributed by atoms with Gasteiger partial charge in [0.1, 0.15) is 5.75 Å². The number of nitro groups is 1. The van der Waals surface area contributed by atoms with E-state index in [2.05, 4.69) is 15.5 Å². The third-order valence-electron chi connectivity index (χ3n) is 3.46. The second-order valence-electron chi connectivity index (χ2n) is 4.88. The molecule has 0 aliphatic carbocycles. The van der Waals surface area contributed by atoms with E-state index in [-0.39, 0.29) is 17.1 Å². The van der Waals surface area contributed by atoms with E-state index in [0.29, 0.717) is 13.1 Å². The first-order valence-electron chi connectivity index (χ1n) is 7.56. The van der Waals surface area contributed by atoms with Gasteiger partial charge in [-0.2, -0.15) is 0 Å². The molecule has 0 unspecified atom stereocenters. The molecule has 0 saturated heterocycles. The zero-order chi connectivity index (χ0) is 18.1. The Hall–Kier alpha value is -2.68. The van der Waals surface area contributed by atoms with Crippen molar-refractivity contribution in [3.63, 3.8) is 0 Å². The number of hydrogen-bond donors (Lipinski definition) is 2. The van der Waals surface area contributed by atoms with Crippen molar-refractivity contribution in [3.8, 4) is 5.75 Å². The number of rotatable bonds is 8. The molecule has 24 heavy (non-hydrogen) atoms. The normalized spacial score (nSPS) is 10.3. The van der Waals surface area contributed by atoms with Crippen LogP contribution in [0.1, 0.15) is 13.8 Å². The molecule has 1 aromatic rings. The van der Waals surface area contributed by atoms with Gasteiger partial charge in [0, 0.05) is 19.2 Å². The number of non-ortho nitro benzene ring substituents is 1. The summed E-state index contributed by atoms with van der Waals surface area (Å²) < 4.78 is 5.00. The van der Waals surface area contributed by atoms with E-state index >= 15 is 0 Å². The minimum Gasteiger partial charge on any atom is -0.494 e. The van der Waals surface area contributed by atoms with Crippen LogP contribution in [0, 0.1) is 10.1 Å². The number of likely N-dealkylation sites (N-methyl/N-ethyl adjacent to an activating group) is 1. The molecule has 2 N–H and O–H groups in total. The highest BCUT2D eigenvalue weighted by Gasteiger charge is 2.17.